The summed E-state index contributed by atoms with van der Waals surface area (Å²) in [5.74, 6) is 0. The van der Waals surface area contributed by atoms with E-state index in [0.29, 0.717) is 32.8 Å². The summed E-state index contributed by atoms with van der Waals surface area (Å²) in [5, 5.41) is 0. The van der Waals surface area contributed by atoms with Gasteiger partial charge in [0.25, 0.3) is 10.2 Å². The van der Waals surface area contributed by atoms with Crippen molar-refractivity contribution in [1.29, 1.82) is 0 Å². The zero-order chi connectivity index (χ0) is 11.6. The quantitative estimate of drug-likeness (QED) is 0.726. The molecular formula is C9H20ClN3O3S. The number of nitrogens with zero attached hydrogens (tertiary/aromatic N) is 1. The van der Waals surface area contributed by atoms with Crippen molar-refractivity contribution in [3.63, 3.8) is 0 Å². The summed E-state index contributed by atoms with van der Waals surface area (Å²) in [6, 6.07) is 0. The number of morpholine rings is 1. The van der Waals surface area contributed by atoms with E-state index in [0.717, 1.165) is 19.3 Å². The standard InChI is InChI=1S/C9H19N3O3S.ClH/c10-9(2-1-3-9)8-11-16(13,14)12-4-6-15-7-5-12;/h11H,1-8,10H2;1H. The Hall–Kier alpha value is 0.0800. The van der Waals surface area contributed by atoms with Gasteiger partial charge in [0.15, 0.2) is 0 Å². The lowest BCUT2D eigenvalue weighted by Gasteiger charge is -2.38. The van der Waals surface area contributed by atoms with Crippen molar-refractivity contribution in [3.8, 4) is 0 Å². The van der Waals surface area contributed by atoms with Crippen molar-refractivity contribution >= 4 is 22.6 Å². The first-order valence-corrected chi connectivity index (χ1v) is 7.07. The van der Waals surface area contributed by atoms with Crippen LogP contribution in [0.15, 0.2) is 0 Å². The number of ether oxygens (including phenoxy) is 1. The van der Waals surface area contributed by atoms with E-state index >= 15 is 0 Å². The Morgan fingerprint density at radius 3 is 2.35 bits per heavy atom. The van der Waals surface area contributed by atoms with Gasteiger partial charge in [0.2, 0.25) is 0 Å². The minimum atomic E-state index is -3.37. The minimum absolute atomic E-state index is 0. The number of halogens is 1. The molecule has 1 aliphatic carbocycles. The molecule has 2 fully saturated rings. The minimum Gasteiger partial charge on any atom is -0.379 e. The van der Waals surface area contributed by atoms with E-state index in [1.165, 1.54) is 4.31 Å². The fraction of sp³-hybridized carbons (Fsp3) is 1.00. The average molecular weight is 286 g/mol. The molecule has 2 rings (SSSR count). The van der Waals surface area contributed by atoms with Crippen LogP contribution in [-0.4, -0.2) is 51.1 Å². The lowest BCUT2D eigenvalue weighted by atomic mass is 9.78. The SMILES string of the molecule is Cl.NC1(CNS(=O)(=O)N2CCOCC2)CCC1. The summed E-state index contributed by atoms with van der Waals surface area (Å²) in [6.07, 6.45) is 2.90. The summed E-state index contributed by atoms with van der Waals surface area (Å²) in [6.45, 7) is 2.12. The van der Waals surface area contributed by atoms with Crippen LogP contribution in [0.5, 0.6) is 0 Å². The van der Waals surface area contributed by atoms with Crippen LogP contribution in [0.3, 0.4) is 0 Å². The lowest BCUT2D eigenvalue weighted by Crippen LogP contribution is -2.57. The van der Waals surface area contributed by atoms with Crippen LogP contribution in [0.1, 0.15) is 19.3 Å². The van der Waals surface area contributed by atoms with Gasteiger partial charge in [-0.15, -0.1) is 12.4 Å². The highest BCUT2D eigenvalue weighted by Crippen LogP contribution is 2.28. The number of hydrogen-bond donors (Lipinski definition) is 2. The summed E-state index contributed by atoms with van der Waals surface area (Å²) < 4.78 is 32.9. The summed E-state index contributed by atoms with van der Waals surface area (Å²) in [4.78, 5) is 0. The smallest absolute Gasteiger partial charge is 0.279 e. The van der Waals surface area contributed by atoms with Crippen molar-refractivity contribution < 1.29 is 13.2 Å². The van der Waals surface area contributed by atoms with Gasteiger partial charge in [0, 0.05) is 25.2 Å². The summed E-state index contributed by atoms with van der Waals surface area (Å²) >= 11 is 0. The van der Waals surface area contributed by atoms with Gasteiger partial charge in [-0.05, 0) is 19.3 Å². The second-order valence-corrected chi connectivity index (χ2v) is 6.31. The molecule has 1 aliphatic heterocycles. The predicted molar refractivity (Wildman–Crippen MR) is 67.3 cm³/mol. The van der Waals surface area contributed by atoms with Crippen LogP contribution >= 0.6 is 12.4 Å². The van der Waals surface area contributed by atoms with Crippen LogP contribution in [0.2, 0.25) is 0 Å². The third kappa shape index (κ3) is 3.77. The zero-order valence-corrected chi connectivity index (χ0v) is 11.4. The number of nitrogens with two attached hydrogens (primary N) is 1. The molecule has 8 heteroatoms. The molecule has 0 aromatic heterocycles. The molecule has 0 aromatic carbocycles. The largest absolute Gasteiger partial charge is 0.379 e. The molecule has 1 saturated heterocycles. The Bertz CT molecular complexity index is 339. The van der Waals surface area contributed by atoms with Crippen LogP contribution < -0.4 is 10.5 Å². The zero-order valence-electron chi connectivity index (χ0n) is 9.72. The molecule has 3 N–H and O–H groups in total. The first-order chi connectivity index (χ1) is 7.52. The van der Waals surface area contributed by atoms with Gasteiger partial charge in [-0.3, -0.25) is 0 Å². The molecule has 102 valence electrons. The molecule has 0 radical (unpaired) electrons. The van der Waals surface area contributed by atoms with E-state index in [4.69, 9.17) is 10.5 Å². The monoisotopic (exact) mass is 285 g/mol. The molecule has 0 spiro atoms. The Kier molecular flexibility index (Phi) is 5.18. The first-order valence-electron chi connectivity index (χ1n) is 5.63. The summed E-state index contributed by atoms with van der Waals surface area (Å²) in [5.41, 5.74) is 5.65. The normalized spacial score (nSPS) is 24.8. The molecule has 0 bridgehead atoms. The Morgan fingerprint density at radius 2 is 1.88 bits per heavy atom. The van der Waals surface area contributed by atoms with Crippen molar-refractivity contribution in [2.75, 3.05) is 32.8 Å². The van der Waals surface area contributed by atoms with E-state index in [1.807, 2.05) is 0 Å². The molecule has 0 atom stereocenters. The van der Waals surface area contributed by atoms with Crippen LogP contribution in [0, 0.1) is 0 Å². The van der Waals surface area contributed by atoms with Gasteiger partial charge in [0.1, 0.15) is 0 Å². The molecule has 0 unspecified atom stereocenters. The van der Waals surface area contributed by atoms with Crippen molar-refractivity contribution in [2.45, 2.75) is 24.8 Å². The van der Waals surface area contributed by atoms with Gasteiger partial charge in [-0.1, -0.05) is 0 Å². The van der Waals surface area contributed by atoms with Gasteiger partial charge >= 0.3 is 0 Å². The van der Waals surface area contributed by atoms with E-state index in [1.54, 1.807) is 0 Å². The van der Waals surface area contributed by atoms with E-state index in [-0.39, 0.29) is 17.9 Å². The third-order valence-corrected chi connectivity index (χ3v) is 4.82. The van der Waals surface area contributed by atoms with Crippen LogP contribution in [0.4, 0.5) is 0 Å². The molecule has 1 saturated carbocycles. The van der Waals surface area contributed by atoms with Crippen molar-refractivity contribution in [3.05, 3.63) is 0 Å². The molecule has 2 aliphatic rings. The van der Waals surface area contributed by atoms with Gasteiger partial charge in [0.05, 0.1) is 13.2 Å². The number of rotatable bonds is 4. The topological polar surface area (TPSA) is 84.7 Å². The predicted octanol–water partition coefficient (Wildman–Crippen LogP) is -0.544. The fourth-order valence-corrected chi connectivity index (χ4v) is 3.20. The highest BCUT2D eigenvalue weighted by atomic mass is 35.5. The first kappa shape index (κ1) is 15.1. The Labute approximate surface area is 108 Å². The molecular weight excluding hydrogens is 266 g/mol. The Morgan fingerprint density at radius 1 is 1.29 bits per heavy atom. The van der Waals surface area contributed by atoms with Gasteiger partial charge < -0.3 is 10.5 Å². The van der Waals surface area contributed by atoms with E-state index < -0.39 is 10.2 Å². The maximum absolute atomic E-state index is 11.9. The second-order valence-electron chi connectivity index (χ2n) is 4.55. The lowest BCUT2D eigenvalue weighted by molar-refractivity contribution is 0.0723. The molecule has 6 nitrogen and oxygen atoms in total. The van der Waals surface area contributed by atoms with Gasteiger partial charge in [-0.2, -0.15) is 12.7 Å². The molecule has 1 heterocycles. The number of hydrogen-bond acceptors (Lipinski definition) is 4. The van der Waals surface area contributed by atoms with Crippen molar-refractivity contribution in [1.82, 2.24) is 9.03 Å². The maximum Gasteiger partial charge on any atom is 0.279 e. The van der Waals surface area contributed by atoms with E-state index in [9.17, 15) is 8.42 Å². The molecule has 0 amide bonds. The Balaban J connectivity index is 0.00000144. The molecule has 17 heavy (non-hydrogen) atoms. The van der Waals surface area contributed by atoms with Gasteiger partial charge in [-0.25, -0.2) is 4.72 Å². The maximum atomic E-state index is 11.9. The van der Waals surface area contributed by atoms with E-state index in [2.05, 4.69) is 4.72 Å². The van der Waals surface area contributed by atoms with Crippen LogP contribution in [0.25, 0.3) is 0 Å². The van der Waals surface area contributed by atoms with Crippen LogP contribution in [-0.2, 0) is 14.9 Å². The molecule has 0 aromatic rings. The highest BCUT2D eigenvalue weighted by Gasteiger charge is 2.34. The second kappa shape index (κ2) is 5.81. The fourth-order valence-electron chi connectivity index (χ4n) is 1.92. The summed E-state index contributed by atoms with van der Waals surface area (Å²) in [7, 11) is -3.37. The number of nitrogens with one attached hydrogen (secondary N) is 1. The highest BCUT2D eigenvalue weighted by molar-refractivity contribution is 7.87. The van der Waals surface area contributed by atoms with Crippen molar-refractivity contribution in [2.24, 2.45) is 5.73 Å². The third-order valence-electron chi connectivity index (χ3n) is 3.27. The average Bonchev–Trinajstić information content (AvgIpc) is 2.25.